The van der Waals surface area contributed by atoms with Gasteiger partial charge >= 0.3 is 0 Å². The van der Waals surface area contributed by atoms with Gasteiger partial charge in [0.05, 0.1) is 0 Å². The zero-order valence-electron chi connectivity index (χ0n) is 9.48. The molecule has 1 aromatic carbocycles. The smallest absolute Gasteiger partial charge is 0.160 e. The van der Waals surface area contributed by atoms with Crippen molar-refractivity contribution in [3.63, 3.8) is 0 Å². The Balaban J connectivity index is 2.08. The van der Waals surface area contributed by atoms with Crippen LogP contribution in [0.3, 0.4) is 0 Å². The average Bonchev–Trinajstić information content (AvgIpc) is 2.66. The van der Waals surface area contributed by atoms with Crippen molar-refractivity contribution in [1.29, 1.82) is 0 Å². The third-order valence-electron chi connectivity index (χ3n) is 4.21. The predicted octanol–water partition coefficient (Wildman–Crippen LogP) is 1.83. The molecular formula is C13H17NO2. The third-order valence-corrected chi connectivity index (χ3v) is 4.21. The van der Waals surface area contributed by atoms with Crippen LogP contribution in [0.5, 0.6) is 11.5 Å². The maximum atomic E-state index is 9.87. The number of benzene rings is 1. The molecule has 3 rings (SSSR count). The summed E-state index contributed by atoms with van der Waals surface area (Å²) in [4.78, 5) is 2.41. The van der Waals surface area contributed by atoms with Gasteiger partial charge in [0.15, 0.2) is 11.5 Å². The summed E-state index contributed by atoms with van der Waals surface area (Å²) in [7, 11) is 2.18. The number of hydrogen-bond donors (Lipinski definition) is 2. The Morgan fingerprint density at radius 2 is 2.06 bits per heavy atom. The number of phenols is 2. The molecule has 0 aromatic heterocycles. The molecule has 2 atom stereocenters. The summed E-state index contributed by atoms with van der Waals surface area (Å²) in [5, 5.41) is 19.4. The lowest BCUT2D eigenvalue weighted by Crippen LogP contribution is -2.32. The van der Waals surface area contributed by atoms with Gasteiger partial charge in [0.1, 0.15) is 0 Å². The van der Waals surface area contributed by atoms with Crippen molar-refractivity contribution in [2.45, 2.75) is 31.2 Å². The molecule has 2 aliphatic rings. The molecule has 1 fully saturated rings. The van der Waals surface area contributed by atoms with Gasteiger partial charge in [0.25, 0.3) is 0 Å². The number of aromatic hydroxyl groups is 2. The van der Waals surface area contributed by atoms with Crippen molar-refractivity contribution in [2.24, 2.45) is 0 Å². The van der Waals surface area contributed by atoms with E-state index >= 15 is 0 Å². The molecule has 1 heterocycles. The molecule has 86 valence electrons. The van der Waals surface area contributed by atoms with Gasteiger partial charge in [-0.05, 0) is 44.5 Å². The van der Waals surface area contributed by atoms with Crippen LogP contribution in [0.1, 0.15) is 29.9 Å². The summed E-state index contributed by atoms with van der Waals surface area (Å²) >= 11 is 0. The highest BCUT2D eigenvalue weighted by Gasteiger charge is 2.37. The van der Waals surface area contributed by atoms with Crippen LogP contribution in [0.2, 0.25) is 0 Å². The number of likely N-dealkylation sites (N-methyl/N-ethyl adjacent to an activating group) is 1. The zero-order chi connectivity index (χ0) is 11.3. The second-order valence-corrected chi connectivity index (χ2v) is 4.98. The molecule has 1 aliphatic carbocycles. The van der Waals surface area contributed by atoms with Gasteiger partial charge in [-0.1, -0.05) is 6.07 Å². The van der Waals surface area contributed by atoms with Gasteiger partial charge in [-0.3, -0.25) is 0 Å². The summed E-state index contributed by atoms with van der Waals surface area (Å²) in [6.07, 6.45) is 3.13. The van der Waals surface area contributed by atoms with E-state index in [1.807, 2.05) is 6.07 Å². The molecule has 1 aliphatic heterocycles. The van der Waals surface area contributed by atoms with Crippen LogP contribution in [0.4, 0.5) is 0 Å². The Morgan fingerprint density at radius 1 is 1.25 bits per heavy atom. The Kier molecular flexibility index (Phi) is 2.11. The molecule has 0 bridgehead atoms. The molecule has 2 N–H and O–H groups in total. The molecule has 0 spiro atoms. The van der Waals surface area contributed by atoms with Crippen LogP contribution in [0, 0.1) is 0 Å². The molecule has 1 saturated heterocycles. The average molecular weight is 219 g/mol. The number of phenolic OH excluding ortho intramolecular Hbond substituents is 2. The van der Waals surface area contributed by atoms with Crippen LogP contribution >= 0.6 is 0 Å². The Bertz CT molecular complexity index is 430. The summed E-state index contributed by atoms with van der Waals surface area (Å²) in [6, 6.07) is 4.23. The standard InChI is InChI=1S/C13H17NO2/c1-14-7-6-9-8-3-5-12(15)13(16)10(8)2-4-11(9)14/h3,5,9,11,15-16H,2,4,6-7H2,1H3/t9-,11+/m0/s1. The zero-order valence-corrected chi connectivity index (χ0v) is 9.48. The quantitative estimate of drug-likeness (QED) is 0.654. The molecule has 3 heteroatoms. The van der Waals surface area contributed by atoms with E-state index in [9.17, 15) is 10.2 Å². The second kappa shape index (κ2) is 3.39. The van der Waals surface area contributed by atoms with Crippen molar-refractivity contribution < 1.29 is 10.2 Å². The minimum atomic E-state index is 0.0172. The molecule has 3 nitrogen and oxygen atoms in total. The molecular weight excluding hydrogens is 202 g/mol. The minimum Gasteiger partial charge on any atom is -0.504 e. The van der Waals surface area contributed by atoms with Gasteiger partial charge in [-0.2, -0.15) is 0 Å². The van der Waals surface area contributed by atoms with Crippen molar-refractivity contribution in [2.75, 3.05) is 13.6 Å². The number of rotatable bonds is 0. The Hall–Kier alpha value is -1.22. The highest BCUT2D eigenvalue weighted by molar-refractivity contribution is 5.52. The van der Waals surface area contributed by atoms with Crippen LogP contribution in [0.15, 0.2) is 12.1 Å². The Morgan fingerprint density at radius 3 is 2.88 bits per heavy atom. The fourth-order valence-corrected chi connectivity index (χ4v) is 3.33. The largest absolute Gasteiger partial charge is 0.504 e. The van der Waals surface area contributed by atoms with Crippen LogP contribution in [-0.4, -0.2) is 34.7 Å². The minimum absolute atomic E-state index is 0.0172. The van der Waals surface area contributed by atoms with Gasteiger partial charge < -0.3 is 15.1 Å². The maximum Gasteiger partial charge on any atom is 0.160 e. The lowest BCUT2D eigenvalue weighted by Gasteiger charge is -2.32. The van der Waals surface area contributed by atoms with Crippen LogP contribution in [-0.2, 0) is 6.42 Å². The molecule has 0 unspecified atom stereocenters. The summed E-state index contributed by atoms with van der Waals surface area (Å²) in [6.45, 7) is 1.14. The van der Waals surface area contributed by atoms with E-state index in [0.717, 1.165) is 24.9 Å². The number of likely N-dealkylation sites (tertiary alicyclic amines) is 1. The van der Waals surface area contributed by atoms with E-state index in [-0.39, 0.29) is 11.5 Å². The monoisotopic (exact) mass is 219 g/mol. The molecule has 1 aromatic rings. The number of fused-ring (bicyclic) bond motifs is 3. The molecule has 0 amide bonds. The summed E-state index contributed by atoms with van der Waals surface area (Å²) in [5.41, 5.74) is 2.22. The van der Waals surface area contributed by atoms with Gasteiger partial charge in [0.2, 0.25) is 0 Å². The first-order valence-electron chi connectivity index (χ1n) is 5.92. The fraction of sp³-hybridized carbons (Fsp3) is 0.538. The summed E-state index contributed by atoms with van der Waals surface area (Å²) < 4.78 is 0. The van der Waals surface area contributed by atoms with E-state index in [4.69, 9.17) is 0 Å². The first-order valence-corrected chi connectivity index (χ1v) is 5.92. The van der Waals surface area contributed by atoms with E-state index < -0.39 is 0 Å². The van der Waals surface area contributed by atoms with Crippen LogP contribution < -0.4 is 0 Å². The normalized spacial score (nSPS) is 28.8. The van der Waals surface area contributed by atoms with Crippen molar-refractivity contribution in [3.05, 3.63) is 23.3 Å². The number of hydrogen-bond acceptors (Lipinski definition) is 3. The van der Waals surface area contributed by atoms with Crippen LogP contribution in [0.25, 0.3) is 0 Å². The summed E-state index contributed by atoms with van der Waals surface area (Å²) in [5.74, 6) is 0.661. The number of nitrogens with zero attached hydrogens (tertiary/aromatic N) is 1. The Labute approximate surface area is 95.3 Å². The van der Waals surface area contributed by atoms with Gasteiger partial charge in [-0.25, -0.2) is 0 Å². The first kappa shape index (κ1) is 9.97. The second-order valence-electron chi connectivity index (χ2n) is 4.98. The van der Waals surface area contributed by atoms with Crippen molar-refractivity contribution >= 4 is 0 Å². The van der Waals surface area contributed by atoms with Crippen molar-refractivity contribution in [1.82, 2.24) is 4.90 Å². The fourth-order valence-electron chi connectivity index (χ4n) is 3.33. The lowest BCUT2D eigenvalue weighted by molar-refractivity contribution is 0.272. The highest BCUT2D eigenvalue weighted by atomic mass is 16.3. The molecule has 0 radical (unpaired) electrons. The van der Waals surface area contributed by atoms with Gasteiger partial charge in [0, 0.05) is 17.5 Å². The lowest BCUT2D eigenvalue weighted by atomic mass is 9.79. The van der Waals surface area contributed by atoms with E-state index in [1.165, 1.54) is 12.0 Å². The highest BCUT2D eigenvalue weighted by Crippen LogP contribution is 2.45. The topological polar surface area (TPSA) is 43.7 Å². The maximum absolute atomic E-state index is 9.87. The molecule has 16 heavy (non-hydrogen) atoms. The third kappa shape index (κ3) is 1.24. The van der Waals surface area contributed by atoms with Crippen molar-refractivity contribution in [3.8, 4) is 11.5 Å². The van der Waals surface area contributed by atoms with Gasteiger partial charge in [-0.15, -0.1) is 0 Å². The van der Waals surface area contributed by atoms with E-state index in [1.54, 1.807) is 6.07 Å². The SMILES string of the molecule is CN1CC[C@H]2c3ccc(O)c(O)c3CC[C@H]21. The molecule has 0 saturated carbocycles. The predicted molar refractivity (Wildman–Crippen MR) is 61.9 cm³/mol. The van der Waals surface area contributed by atoms with E-state index in [0.29, 0.717) is 12.0 Å². The van der Waals surface area contributed by atoms with E-state index in [2.05, 4.69) is 11.9 Å². The first-order chi connectivity index (χ1) is 7.68.